The van der Waals surface area contributed by atoms with Crippen LogP contribution in [-0.4, -0.2) is 62.3 Å². The van der Waals surface area contributed by atoms with E-state index < -0.39 is 10.0 Å². The van der Waals surface area contributed by atoms with Crippen molar-refractivity contribution in [1.29, 1.82) is 0 Å². The molecular weight excluding hydrogens is 378 g/mol. The van der Waals surface area contributed by atoms with Crippen LogP contribution < -0.4 is 4.72 Å². The highest BCUT2D eigenvalue weighted by molar-refractivity contribution is 7.88. The molecule has 2 fully saturated rings. The summed E-state index contributed by atoms with van der Waals surface area (Å²) in [5.74, 6) is 0.331. The van der Waals surface area contributed by atoms with Crippen molar-refractivity contribution in [3.63, 3.8) is 0 Å². The minimum absolute atomic E-state index is 0.0541. The van der Waals surface area contributed by atoms with Gasteiger partial charge in [-0.3, -0.25) is 4.79 Å². The number of ether oxygens (including phenoxy) is 1. The summed E-state index contributed by atoms with van der Waals surface area (Å²) in [4.78, 5) is 18.1. The zero-order valence-corrected chi connectivity index (χ0v) is 16.9. The summed E-state index contributed by atoms with van der Waals surface area (Å²) in [6.45, 7) is 2.42. The normalized spacial score (nSPS) is 22.6. The van der Waals surface area contributed by atoms with Crippen molar-refractivity contribution in [3.8, 4) is 0 Å². The van der Waals surface area contributed by atoms with Gasteiger partial charge in [-0.05, 0) is 37.7 Å². The molecule has 1 unspecified atom stereocenters. The predicted octanol–water partition coefficient (Wildman–Crippen LogP) is 2.12. The van der Waals surface area contributed by atoms with E-state index in [1.165, 1.54) is 6.26 Å². The van der Waals surface area contributed by atoms with Crippen LogP contribution in [0.5, 0.6) is 0 Å². The summed E-state index contributed by atoms with van der Waals surface area (Å²) in [7, 11) is -3.18. The summed E-state index contributed by atoms with van der Waals surface area (Å²) < 4.78 is 31.5. The Bertz CT molecular complexity index is 961. The Morgan fingerprint density at radius 1 is 1.32 bits per heavy atom. The topological polar surface area (TPSA) is 91.5 Å². The van der Waals surface area contributed by atoms with Gasteiger partial charge >= 0.3 is 0 Å². The first-order valence-electron chi connectivity index (χ1n) is 9.79. The molecule has 1 aromatic carbocycles. The molecule has 2 aromatic rings. The molecule has 4 rings (SSSR count). The van der Waals surface area contributed by atoms with Crippen LogP contribution in [0.4, 0.5) is 0 Å². The van der Waals surface area contributed by atoms with Crippen molar-refractivity contribution in [2.75, 3.05) is 32.5 Å². The number of hydrogen-bond acceptors (Lipinski definition) is 4. The van der Waals surface area contributed by atoms with Crippen LogP contribution in [0.3, 0.4) is 0 Å². The van der Waals surface area contributed by atoms with E-state index in [9.17, 15) is 13.2 Å². The predicted molar refractivity (Wildman–Crippen MR) is 108 cm³/mol. The fourth-order valence-corrected chi connectivity index (χ4v) is 5.00. The number of likely N-dealkylation sites (tertiary alicyclic amines) is 1. The average Bonchev–Trinajstić information content (AvgIpc) is 3.10. The number of hydrogen-bond donors (Lipinski definition) is 2. The number of nitrogens with one attached hydrogen (secondary N) is 2. The zero-order chi connectivity index (χ0) is 19.8. The van der Waals surface area contributed by atoms with E-state index in [2.05, 4.69) is 9.71 Å². The molecular formula is C20H27N3O4S. The number of amides is 1. The van der Waals surface area contributed by atoms with E-state index in [1.807, 2.05) is 29.2 Å². The number of fused-ring (bicyclic) bond motifs is 1. The van der Waals surface area contributed by atoms with Crippen molar-refractivity contribution in [2.24, 2.45) is 5.92 Å². The molecule has 2 N–H and O–H groups in total. The van der Waals surface area contributed by atoms with Crippen LogP contribution in [0.2, 0.25) is 0 Å². The van der Waals surface area contributed by atoms with E-state index >= 15 is 0 Å². The van der Waals surface area contributed by atoms with E-state index in [0.29, 0.717) is 31.8 Å². The Labute approximate surface area is 165 Å². The smallest absolute Gasteiger partial charge is 0.256 e. The van der Waals surface area contributed by atoms with E-state index in [4.69, 9.17) is 4.74 Å². The molecule has 7 nitrogen and oxygen atoms in total. The lowest BCUT2D eigenvalue weighted by Gasteiger charge is -2.46. The Kier molecular flexibility index (Phi) is 5.20. The van der Waals surface area contributed by atoms with Gasteiger partial charge in [-0.15, -0.1) is 0 Å². The first-order chi connectivity index (χ1) is 13.4. The van der Waals surface area contributed by atoms with Gasteiger partial charge in [0.15, 0.2) is 0 Å². The molecule has 1 aromatic heterocycles. The third-order valence-corrected chi connectivity index (χ3v) is 6.70. The highest BCUT2D eigenvalue weighted by atomic mass is 32.2. The Morgan fingerprint density at radius 2 is 2.07 bits per heavy atom. The number of aromatic amines is 1. The molecule has 1 spiro atoms. The third kappa shape index (κ3) is 4.09. The molecule has 0 aliphatic carbocycles. The molecule has 3 heterocycles. The molecule has 0 bridgehead atoms. The lowest BCUT2D eigenvalue weighted by Crippen LogP contribution is -2.51. The van der Waals surface area contributed by atoms with Gasteiger partial charge in [0.2, 0.25) is 10.0 Å². The largest absolute Gasteiger partial charge is 0.375 e. The fraction of sp³-hybridized carbons (Fsp3) is 0.550. The Morgan fingerprint density at radius 3 is 2.82 bits per heavy atom. The highest BCUT2D eigenvalue weighted by Gasteiger charge is 2.41. The average molecular weight is 406 g/mol. The fourth-order valence-electron chi connectivity index (χ4n) is 4.46. The summed E-state index contributed by atoms with van der Waals surface area (Å²) in [5.41, 5.74) is 1.45. The van der Waals surface area contributed by atoms with Crippen LogP contribution in [0.1, 0.15) is 36.0 Å². The number of nitrogens with zero attached hydrogens (tertiary/aromatic N) is 1. The first kappa shape index (κ1) is 19.4. The summed E-state index contributed by atoms with van der Waals surface area (Å²) in [6.07, 6.45) is 6.26. The van der Waals surface area contributed by atoms with Gasteiger partial charge in [0, 0.05) is 43.3 Å². The first-order valence-corrected chi connectivity index (χ1v) is 11.7. The van der Waals surface area contributed by atoms with E-state index in [0.717, 1.165) is 36.6 Å². The number of piperidine rings is 1. The standard InChI is InChI=1S/C20H27N3O4S/c1-28(25,26)22-13-15-6-11-27-20(12-15)7-9-23(10-8-20)19(24)17-14-21-18-5-3-2-4-16(17)18/h2-5,14-15,21-22H,6-13H2,1H3. The number of aromatic nitrogens is 1. The number of sulfonamides is 1. The number of carbonyl (C=O) groups is 1. The molecule has 0 saturated carbocycles. The molecule has 28 heavy (non-hydrogen) atoms. The summed E-state index contributed by atoms with van der Waals surface area (Å²) >= 11 is 0. The van der Waals surface area contributed by atoms with Gasteiger partial charge in [0.1, 0.15) is 0 Å². The minimum Gasteiger partial charge on any atom is -0.375 e. The molecule has 2 saturated heterocycles. The van der Waals surface area contributed by atoms with Crippen molar-refractivity contribution >= 4 is 26.8 Å². The number of para-hydroxylation sites is 1. The molecule has 2 aliphatic heterocycles. The van der Waals surface area contributed by atoms with Gasteiger partial charge < -0.3 is 14.6 Å². The minimum atomic E-state index is -3.18. The highest BCUT2D eigenvalue weighted by Crippen LogP contribution is 2.38. The quantitative estimate of drug-likeness (QED) is 0.815. The zero-order valence-electron chi connectivity index (χ0n) is 16.1. The molecule has 1 atom stereocenters. The summed E-state index contributed by atoms with van der Waals surface area (Å²) in [5, 5.41) is 0.952. The van der Waals surface area contributed by atoms with Gasteiger partial charge in [-0.25, -0.2) is 13.1 Å². The van der Waals surface area contributed by atoms with Gasteiger partial charge in [0.25, 0.3) is 5.91 Å². The number of carbonyl (C=O) groups excluding carboxylic acids is 1. The van der Waals surface area contributed by atoms with Crippen molar-refractivity contribution < 1.29 is 17.9 Å². The Balaban J connectivity index is 1.39. The van der Waals surface area contributed by atoms with E-state index in [1.54, 1.807) is 6.20 Å². The molecule has 152 valence electrons. The van der Waals surface area contributed by atoms with Gasteiger partial charge in [-0.2, -0.15) is 0 Å². The van der Waals surface area contributed by atoms with Gasteiger partial charge in [0.05, 0.1) is 17.4 Å². The maximum atomic E-state index is 13.0. The number of benzene rings is 1. The van der Waals surface area contributed by atoms with E-state index in [-0.39, 0.29) is 17.4 Å². The second-order valence-corrected chi connectivity index (χ2v) is 9.88. The third-order valence-electron chi connectivity index (χ3n) is 6.01. The summed E-state index contributed by atoms with van der Waals surface area (Å²) in [6, 6.07) is 7.83. The number of H-pyrrole nitrogens is 1. The molecule has 2 aliphatic rings. The second kappa shape index (κ2) is 7.50. The van der Waals surface area contributed by atoms with Crippen molar-refractivity contribution in [2.45, 2.75) is 31.3 Å². The van der Waals surface area contributed by atoms with Gasteiger partial charge in [-0.1, -0.05) is 18.2 Å². The lowest BCUT2D eigenvalue weighted by molar-refractivity contribution is -0.122. The van der Waals surface area contributed by atoms with Crippen LogP contribution in [0.25, 0.3) is 10.9 Å². The van der Waals surface area contributed by atoms with Crippen LogP contribution >= 0.6 is 0 Å². The van der Waals surface area contributed by atoms with Crippen LogP contribution in [0, 0.1) is 5.92 Å². The van der Waals surface area contributed by atoms with Crippen LogP contribution in [0.15, 0.2) is 30.5 Å². The maximum Gasteiger partial charge on any atom is 0.256 e. The Hall–Kier alpha value is -1.90. The lowest BCUT2D eigenvalue weighted by atomic mass is 9.79. The SMILES string of the molecule is CS(=O)(=O)NCC1CCOC2(CCN(C(=O)c3c[nH]c4ccccc34)CC2)C1. The van der Waals surface area contributed by atoms with Crippen LogP contribution in [-0.2, 0) is 14.8 Å². The molecule has 0 radical (unpaired) electrons. The second-order valence-electron chi connectivity index (χ2n) is 8.05. The van der Waals surface area contributed by atoms with Crippen molar-refractivity contribution in [1.82, 2.24) is 14.6 Å². The number of rotatable bonds is 4. The molecule has 8 heteroatoms. The van der Waals surface area contributed by atoms with Crippen molar-refractivity contribution in [3.05, 3.63) is 36.0 Å². The molecule has 1 amide bonds. The monoisotopic (exact) mass is 405 g/mol. The maximum absolute atomic E-state index is 13.0.